The molecule has 0 aliphatic carbocycles. The third-order valence-corrected chi connectivity index (χ3v) is 3.55. The first-order chi connectivity index (χ1) is 10.5. The van der Waals surface area contributed by atoms with Crippen LogP contribution in [0.1, 0.15) is 21.5 Å². The lowest BCUT2D eigenvalue weighted by Crippen LogP contribution is -2.25. The summed E-state index contributed by atoms with van der Waals surface area (Å²) >= 11 is 5.84. The fraction of sp³-hybridized carbons (Fsp3) is 0.235. The lowest BCUT2D eigenvalue weighted by atomic mass is 10.1. The van der Waals surface area contributed by atoms with Gasteiger partial charge < -0.3 is 15.2 Å². The highest BCUT2D eigenvalue weighted by atomic mass is 35.5. The van der Waals surface area contributed by atoms with Gasteiger partial charge >= 0.3 is 0 Å². The minimum absolute atomic E-state index is 0.0879. The average Bonchev–Trinajstić information content (AvgIpc) is 2.50. The molecule has 2 N–H and O–H groups in total. The number of halogens is 1. The molecule has 22 heavy (non-hydrogen) atoms. The van der Waals surface area contributed by atoms with Crippen molar-refractivity contribution in [3.05, 3.63) is 58.1 Å². The van der Waals surface area contributed by atoms with Gasteiger partial charge in [0, 0.05) is 11.6 Å². The number of ether oxygens (including phenoxy) is 1. The van der Waals surface area contributed by atoms with Crippen LogP contribution in [0.5, 0.6) is 11.5 Å². The van der Waals surface area contributed by atoms with E-state index < -0.39 is 0 Å². The van der Waals surface area contributed by atoms with Gasteiger partial charge in [-0.2, -0.15) is 0 Å². The predicted octanol–water partition coefficient (Wildman–Crippen LogP) is 3.34. The van der Waals surface area contributed by atoms with Crippen LogP contribution in [0.2, 0.25) is 5.02 Å². The minimum atomic E-state index is -0.355. The van der Waals surface area contributed by atoms with Gasteiger partial charge in [0.15, 0.2) is 0 Å². The van der Waals surface area contributed by atoms with E-state index in [-0.39, 0.29) is 17.2 Å². The Bertz CT molecular complexity index is 686. The second-order valence-corrected chi connectivity index (χ2v) is 5.42. The molecule has 2 rings (SSSR count). The molecule has 4 nitrogen and oxygen atoms in total. The zero-order chi connectivity index (χ0) is 16.1. The molecule has 0 saturated carbocycles. The number of carbonyl (C=O) groups is 1. The monoisotopic (exact) mass is 319 g/mol. The molecule has 0 atom stereocenters. The lowest BCUT2D eigenvalue weighted by molar-refractivity contribution is 0.0951. The summed E-state index contributed by atoms with van der Waals surface area (Å²) in [6.45, 7) is 2.44. The van der Waals surface area contributed by atoms with Crippen molar-refractivity contribution in [2.24, 2.45) is 0 Å². The summed E-state index contributed by atoms with van der Waals surface area (Å²) in [6.07, 6.45) is 0.637. The lowest BCUT2D eigenvalue weighted by Gasteiger charge is -2.11. The van der Waals surface area contributed by atoms with Crippen molar-refractivity contribution in [3.8, 4) is 11.5 Å². The van der Waals surface area contributed by atoms with E-state index in [1.165, 1.54) is 18.2 Å². The molecule has 2 aromatic carbocycles. The van der Waals surface area contributed by atoms with E-state index in [1.54, 1.807) is 7.11 Å². The molecule has 116 valence electrons. The van der Waals surface area contributed by atoms with Crippen molar-refractivity contribution in [1.29, 1.82) is 0 Å². The summed E-state index contributed by atoms with van der Waals surface area (Å²) in [7, 11) is 1.62. The Balaban J connectivity index is 2.00. The van der Waals surface area contributed by atoms with Crippen molar-refractivity contribution in [1.82, 2.24) is 5.32 Å². The fourth-order valence-corrected chi connectivity index (χ4v) is 2.37. The molecule has 5 heteroatoms. The Morgan fingerprint density at radius 2 is 2.05 bits per heavy atom. The van der Waals surface area contributed by atoms with Crippen LogP contribution in [0.15, 0.2) is 36.4 Å². The SMILES string of the molecule is COc1ccc(C)cc1CCNC(=O)c1cc(Cl)ccc1O. The smallest absolute Gasteiger partial charge is 0.255 e. The number of rotatable bonds is 5. The number of aromatic hydroxyl groups is 1. The number of phenols is 1. The van der Waals surface area contributed by atoms with E-state index >= 15 is 0 Å². The predicted molar refractivity (Wildman–Crippen MR) is 86.9 cm³/mol. The molecule has 0 saturated heterocycles. The minimum Gasteiger partial charge on any atom is -0.507 e. The molecule has 0 aromatic heterocycles. The maximum Gasteiger partial charge on any atom is 0.255 e. The van der Waals surface area contributed by atoms with Gasteiger partial charge in [0.1, 0.15) is 11.5 Å². The highest BCUT2D eigenvalue weighted by Crippen LogP contribution is 2.22. The summed E-state index contributed by atoms with van der Waals surface area (Å²) in [4.78, 5) is 12.1. The van der Waals surface area contributed by atoms with Crippen LogP contribution in [0.4, 0.5) is 0 Å². The van der Waals surface area contributed by atoms with E-state index in [1.807, 2.05) is 25.1 Å². The number of benzene rings is 2. The summed E-state index contributed by atoms with van der Waals surface area (Å²) in [5.74, 6) is 0.354. The quantitative estimate of drug-likeness (QED) is 0.888. The topological polar surface area (TPSA) is 58.6 Å². The highest BCUT2D eigenvalue weighted by Gasteiger charge is 2.11. The largest absolute Gasteiger partial charge is 0.507 e. The van der Waals surface area contributed by atoms with Gasteiger partial charge in [-0.1, -0.05) is 29.3 Å². The maximum absolute atomic E-state index is 12.1. The Kier molecular flexibility index (Phi) is 5.28. The molecule has 0 bridgehead atoms. The molecule has 0 aliphatic heterocycles. The van der Waals surface area contributed by atoms with Crippen molar-refractivity contribution in [2.45, 2.75) is 13.3 Å². The molecule has 0 radical (unpaired) electrons. The van der Waals surface area contributed by atoms with Crippen molar-refractivity contribution >= 4 is 17.5 Å². The first kappa shape index (κ1) is 16.2. The Morgan fingerprint density at radius 3 is 2.77 bits per heavy atom. The molecule has 0 heterocycles. The van der Waals surface area contributed by atoms with Gasteiger partial charge in [-0.05, 0) is 43.2 Å². The van der Waals surface area contributed by atoms with E-state index in [0.29, 0.717) is 18.0 Å². The molecule has 0 spiro atoms. The highest BCUT2D eigenvalue weighted by molar-refractivity contribution is 6.31. The third kappa shape index (κ3) is 3.92. The number of phenolic OH excluding ortho intramolecular Hbond substituents is 1. The number of hydrogen-bond acceptors (Lipinski definition) is 3. The summed E-state index contributed by atoms with van der Waals surface area (Å²) in [5.41, 5.74) is 2.33. The Morgan fingerprint density at radius 1 is 1.27 bits per heavy atom. The van der Waals surface area contributed by atoms with Gasteiger partial charge in [-0.25, -0.2) is 0 Å². The van der Waals surface area contributed by atoms with Gasteiger partial charge in [0.05, 0.1) is 12.7 Å². The second kappa shape index (κ2) is 7.18. The molecule has 0 fully saturated rings. The van der Waals surface area contributed by atoms with Crippen LogP contribution in [0.3, 0.4) is 0 Å². The second-order valence-electron chi connectivity index (χ2n) is 4.98. The zero-order valence-corrected chi connectivity index (χ0v) is 13.3. The normalized spacial score (nSPS) is 10.3. The van der Waals surface area contributed by atoms with Crippen molar-refractivity contribution in [3.63, 3.8) is 0 Å². The van der Waals surface area contributed by atoms with Gasteiger partial charge in [0.2, 0.25) is 0 Å². The van der Waals surface area contributed by atoms with E-state index in [2.05, 4.69) is 5.32 Å². The van der Waals surface area contributed by atoms with Gasteiger partial charge in [-0.15, -0.1) is 0 Å². The zero-order valence-electron chi connectivity index (χ0n) is 12.5. The summed E-state index contributed by atoms with van der Waals surface area (Å²) < 4.78 is 5.31. The summed E-state index contributed by atoms with van der Waals surface area (Å²) in [6, 6.07) is 10.3. The van der Waals surface area contributed by atoms with Crippen LogP contribution in [0, 0.1) is 6.92 Å². The Hall–Kier alpha value is -2.20. The fourth-order valence-electron chi connectivity index (χ4n) is 2.20. The first-order valence-corrected chi connectivity index (χ1v) is 7.29. The summed E-state index contributed by atoms with van der Waals surface area (Å²) in [5, 5.41) is 12.9. The average molecular weight is 320 g/mol. The first-order valence-electron chi connectivity index (χ1n) is 6.91. The van der Waals surface area contributed by atoms with Crippen LogP contribution in [-0.4, -0.2) is 24.7 Å². The number of aryl methyl sites for hydroxylation is 1. The Labute approximate surface area is 134 Å². The number of amides is 1. The number of hydrogen-bond donors (Lipinski definition) is 2. The molecular formula is C17H18ClNO3. The van der Waals surface area contributed by atoms with E-state index in [9.17, 15) is 9.90 Å². The van der Waals surface area contributed by atoms with Crippen LogP contribution < -0.4 is 10.1 Å². The van der Waals surface area contributed by atoms with Crippen molar-refractivity contribution in [2.75, 3.05) is 13.7 Å². The van der Waals surface area contributed by atoms with Crippen molar-refractivity contribution < 1.29 is 14.6 Å². The third-order valence-electron chi connectivity index (χ3n) is 3.32. The van der Waals surface area contributed by atoms with Crippen LogP contribution in [0.25, 0.3) is 0 Å². The molecule has 0 aliphatic rings. The van der Waals surface area contributed by atoms with E-state index in [4.69, 9.17) is 16.3 Å². The van der Waals surface area contributed by atoms with E-state index in [0.717, 1.165) is 16.9 Å². The standard InChI is InChI=1S/C17H18ClNO3/c1-11-3-6-16(22-2)12(9-11)7-8-19-17(21)14-10-13(18)4-5-15(14)20/h3-6,9-10,20H,7-8H2,1-2H3,(H,19,21). The molecular weight excluding hydrogens is 302 g/mol. The number of methoxy groups -OCH3 is 1. The maximum atomic E-state index is 12.1. The molecule has 2 aromatic rings. The van der Waals surface area contributed by atoms with Gasteiger partial charge in [0.25, 0.3) is 5.91 Å². The van der Waals surface area contributed by atoms with Gasteiger partial charge in [-0.3, -0.25) is 4.79 Å². The molecule has 0 unspecified atom stereocenters. The molecule has 1 amide bonds. The van der Waals surface area contributed by atoms with Crippen LogP contribution >= 0.6 is 11.6 Å². The number of carbonyl (C=O) groups excluding carboxylic acids is 1. The van der Waals surface area contributed by atoms with Crippen LogP contribution in [-0.2, 0) is 6.42 Å². The number of nitrogens with one attached hydrogen (secondary N) is 1.